The van der Waals surface area contributed by atoms with Crippen LogP contribution in [0.3, 0.4) is 0 Å². The van der Waals surface area contributed by atoms with E-state index < -0.39 is 8.32 Å². The topological polar surface area (TPSA) is 26.3 Å². The van der Waals surface area contributed by atoms with Crippen LogP contribution in [0.4, 0.5) is 0 Å². The van der Waals surface area contributed by atoms with E-state index in [1.54, 1.807) is 0 Å². The van der Waals surface area contributed by atoms with Crippen molar-refractivity contribution < 1.29 is 9.22 Å². The fraction of sp³-hybridized carbons (Fsp3) is 0.727. The van der Waals surface area contributed by atoms with E-state index in [0.717, 1.165) is 0 Å². The Kier molecular flexibility index (Phi) is 3.63. The number of carbonyl (C=O) groups is 1. The Morgan fingerprint density at radius 2 is 2.00 bits per heavy atom. The van der Waals surface area contributed by atoms with Gasteiger partial charge in [0.2, 0.25) is 0 Å². The van der Waals surface area contributed by atoms with Gasteiger partial charge in [-0.1, -0.05) is 20.8 Å². The van der Waals surface area contributed by atoms with E-state index >= 15 is 0 Å². The molecule has 0 bridgehead atoms. The summed E-state index contributed by atoms with van der Waals surface area (Å²) in [6.45, 7) is 11.0. The van der Waals surface area contributed by atoms with Crippen LogP contribution in [0.15, 0.2) is 10.6 Å². The summed E-state index contributed by atoms with van der Waals surface area (Å²) in [4.78, 5) is 11.3. The molecule has 0 heterocycles. The second-order valence-corrected chi connectivity index (χ2v) is 11.2. The number of Topliss-reactive ketones (excluding diaryl/α,β-unsaturated/α-hetero) is 1. The van der Waals surface area contributed by atoms with Crippen molar-refractivity contribution in [3.63, 3.8) is 0 Å². The van der Waals surface area contributed by atoms with Crippen LogP contribution >= 0.6 is 15.9 Å². The second kappa shape index (κ2) is 4.15. The van der Waals surface area contributed by atoms with Gasteiger partial charge in [0.25, 0.3) is 0 Å². The van der Waals surface area contributed by atoms with E-state index in [4.69, 9.17) is 4.43 Å². The minimum absolute atomic E-state index is 0.0206. The van der Waals surface area contributed by atoms with E-state index in [9.17, 15) is 4.79 Å². The van der Waals surface area contributed by atoms with Crippen LogP contribution in [0.1, 0.15) is 27.2 Å². The lowest BCUT2D eigenvalue weighted by molar-refractivity contribution is -0.115. The van der Waals surface area contributed by atoms with Crippen LogP contribution in [0.25, 0.3) is 0 Å². The molecule has 0 aromatic heterocycles. The van der Waals surface area contributed by atoms with Crippen LogP contribution in [0.5, 0.6) is 0 Å². The van der Waals surface area contributed by atoms with Gasteiger partial charge in [-0.2, -0.15) is 0 Å². The summed E-state index contributed by atoms with van der Waals surface area (Å²) in [5.41, 5.74) is 0. The molecule has 0 saturated carbocycles. The molecule has 0 aromatic carbocycles. The van der Waals surface area contributed by atoms with Crippen LogP contribution in [-0.4, -0.2) is 20.2 Å². The van der Waals surface area contributed by atoms with Gasteiger partial charge in [0.15, 0.2) is 14.1 Å². The monoisotopic (exact) mass is 290 g/mol. The zero-order chi connectivity index (χ0) is 11.9. The number of hydrogen-bond acceptors (Lipinski definition) is 2. The summed E-state index contributed by atoms with van der Waals surface area (Å²) >= 11 is 3.25. The van der Waals surface area contributed by atoms with Crippen molar-refractivity contribution in [1.29, 1.82) is 0 Å². The molecule has 15 heavy (non-hydrogen) atoms. The molecule has 1 rings (SSSR count). The molecule has 0 amide bonds. The Bertz CT molecular complexity index is 302. The Morgan fingerprint density at radius 3 is 2.33 bits per heavy atom. The minimum atomic E-state index is -1.75. The Hall–Kier alpha value is 0.0669. The molecule has 86 valence electrons. The van der Waals surface area contributed by atoms with Crippen LogP contribution in [0.2, 0.25) is 18.1 Å². The standard InChI is InChI=1S/C11H19BrO2Si/c1-11(2,3)15(4,5)14-8-6-9(12)10(13)7-8/h6,8H,7H2,1-5H3/t8-/m0/s1. The SMILES string of the molecule is CC(C)(C)[Si](C)(C)O[C@H]1C=C(Br)C(=O)C1. The van der Waals surface area contributed by atoms with E-state index in [0.29, 0.717) is 10.9 Å². The molecule has 0 N–H and O–H groups in total. The molecule has 0 spiro atoms. The van der Waals surface area contributed by atoms with E-state index in [2.05, 4.69) is 49.8 Å². The fourth-order valence-electron chi connectivity index (χ4n) is 1.23. The fourth-order valence-corrected chi connectivity index (χ4v) is 2.94. The third-order valence-electron chi connectivity index (χ3n) is 3.24. The van der Waals surface area contributed by atoms with Crippen molar-refractivity contribution in [2.75, 3.05) is 0 Å². The number of rotatable bonds is 2. The molecule has 0 aliphatic heterocycles. The number of halogens is 1. The minimum Gasteiger partial charge on any atom is -0.410 e. The number of carbonyl (C=O) groups excluding carboxylic acids is 1. The maximum Gasteiger partial charge on any atom is 0.192 e. The van der Waals surface area contributed by atoms with Crippen LogP contribution in [-0.2, 0) is 9.22 Å². The predicted octanol–water partition coefficient (Wildman–Crippen LogP) is 3.63. The van der Waals surface area contributed by atoms with Gasteiger partial charge in [-0.3, -0.25) is 4.79 Å². The van der Waals surface area contributed by atoms with Gasteiger partial charge in [0.1, 0.15) is 0 Å². The molecule has 4 heteroatoms. The van der Waals surface area contributed by atoms with Crippen molar-refractivity contribution >= 4 is 30.0 Å². The molecule has 1 aliphatic rings. The molecule has 1 aliphatic carbocycles. The highest BCUT2D eigenvalue weighted by Crippen LogP contribution is 2.38. The van der Waals surface area contributed by atoms with E-state index in [1.165, 1.54) is 0 Å². The third-order valence-corrected chi connectivity index (χ3v) is 8.45. The first-order chi connectivity index (χ1) is 6.63. The average Bonchev–Trinajstić information content (AvgIpc) is 2.27. The largest absolute Gasteiger partial charge is 0.410 e. The zero-order valence-corrected chi connectivity index (χ0v) is 12.6. The lowest BCUT2D eigenvalue weighted by Gasteiger charge is -2.37. The van der Waals surface area contributed by atoms with Crippen molar-refractivity contribution in [2.24, 2.45) is 0 Å². The predicted molar refractivity (Wildman–Crippen MR) is 68.7 cm³/mol. The Balaban J connectivity index is 2.69. The summed E-state index contributed by atoms with van der Waals surface area (Å²) in [5, 5.41) is 0.193. The molecule has 0 fully saturated rings. The summed E-state index contributed by atoms with van der Waals surface area (Å²) in [6, 6.07) is 0. The second-order valence-electron chi connectivity index (χ2n) is 5.56. The smallest absolute Gasteiger partial charge is 0.192 e. The van der Waals surface area contributed by atoms with Gasteiger partial charge >= 0.3 is 0 Å². The van der Waals surface area contributed by atoms with E-state index in [-0.39, 0.29) is 16.9 Å². The molecular weight excluding hydrogens is 272 g/mol. The Morgan fingerprint density at radius 1 is 1.47 bits per heavy atom. The highest BCUT2D eigenvalue weighted by atomic mass is 79.9. The quantitative estimate of drug-likeness (QED) is 0.726. The Labute approximate surface area is 101 Å². The van der Waals surface area contributed by atoms with Gasteiger partial charge in [0, 0.05) is 6.42 Å². The van der Waals surface area contributed by atoms with Gasteiger partial charge in [-0.25, -0.2) is 0 Å². The van der Waals surface area contributed by atoms with E-state index in [1.807, 2.05) is 6.08 Å². The zero-order valence-electron chi connectivity index (χ0n) is 10.1. The van der Waals surface area contributed by atoms with Crippen LogP contribution < -0.4 is 0 Å². The lowest BCUT2D eigenvalue weighted by Crippen LogP contribution is -2.43. The summed E-state index contributed by atoms with van der Waals surface area (Å²) < 4.78 is 6.79. The van der Waals surface area contributed by atoms with Gasteiger partial charge in [-0.15, -0.1) is 0 Å². The molecule has 0 unspecified atom stereocenters. The summed E-state index contributed by atoms with van der Waals surface area (Å²) in [5.74, 6) is 0.152. The lowest BCUT2D eigenvalue weighted by atomic mass is 10.2. The van der Waals surface area contributed by atoms with Crippen molar-refractivity contribution in [3.05, 3.63) is 10.6 Å². The maximum atomic E-state index is 11.3. The maximum absolute atomic E-state index is 11.3. The highest BCUT2D eigenvalue weighted by Gasteiger charge is 2.40. The van der Waals surface area contributed by atoms with Gasteiger partial charge < -0.3 is 4.43 Å². The third kappa shape index (κ3) is 3.01. The van der Waals surface area contributed by atoms with Crippen molar-refractivity contribution in [1.82, 2.24) is 0 Å². The molecule has 0 radical (unpaired) electrons. The molecule has 0 aromatic rings. The first-order valence-corrected chi connectivity index (χ1v) is 8.92. The molecule has 1 atom stereocenters. The van der Waals surface area contributed by atoms with Crippen molar-refractivity contribution in [3.8, 4) is 0 Å². The molecular formula is C11H19BrO2Si. The summed E-state index contributed by atoms with van der Waals surface area (Å²) in [7, 11) is -1.75. The molecule has 2 nitrogen and oxygen atoms in total. The van der Waals surface area contributed by atoms with Crippen LogP contribution in [0, 0.1) is 0 Å². The normalized spacial score (nSPS) is 23.2. The van der Waals surface area contributed by atoms with Crippen molar-refractivity contribution in [2.45, 2.75) is 51.4 Å². The highest BCUT2D eigenvalue weighted by molar-refractivity contribution is 9.12. The number of ketones is 1. The first kappa shape index (κ1) is 13.1. The number of allylic oxidation sites excluding steroid dienone is 1. The van der Waals surface area contributed by atoms with Gasteiger partial charge in [0.05, 0.1) is 10.6 Å². The summed E-state index contributed by atoms with van der Waals surface area (Å²) in [6.07, 6.45) is 2.36. The first-order valence-electron chi connectivity index (χ1n) is 5.22. The number of hydrogen-bond donors (Lipinski definition) is 0. The average molecular weight is 291 g/mol. The molecule has 0 saturated heterocycles. The van der Waals surface area contributed by atoms with Gasteiger partial charge in [-0.05, 0) is 40.1 Å².